The number of allylic oxidation sites excluding steroid dienone is 20. The number of ether oxygens (including phenoxy) is 3. The van der Waals surface area contributed by atoms with Crippen molar-refractivity contribution in [3.8, 4) is 0 Å². The fourth-order valence-corrected chi connectivity index (χ4v) is 7.67. The van der Waals surface area contributed by atoms with Gasteiger partial charge in [0.1, 0.15) is 13.2 Å². The van der Waals surface area contributed by atoms with Crippen molar-refractivity contribution in [1.82, 2.24) is 0 Å². The Morgan fingerprint density at radius 2 is 0.549 bits per heavy atom. The van der Waals surface area contributed by atoms with E-state index >= 15 is 0 Å². The van der Waals surface area contributed by atoms with Gasteiger partial charge in [0.25, 0.3) is 0 Å². The Bertz CT molecular complexity index is 1500. The molecular weight excluding hydrogens is 877 g/mol. The fraction of sp³-hybridized carbons (Fsp3) is 0.646. The summed E-state index contributed by atoms with van der Waals surface area (Å²) < 4.78 is 16.8. The number of hydrogen-bond donors (Lipinski definition) is 0. The second kappa shape index (κ2) is 58.4. The summed E-state index contributed by atoms with van der Waals surface area (Å²) in [7, 11) is 0. The lowest BCUT2D eigenvalue weighted by Crippen LogP contribution is -2.30. The molecule has 0 N–H and O–H groups in total. The van der Waals surface area contributed by atoms with E-state index in [-0.39, 0.29) is 37.5 Å². The van der Waals surface area contributed by atoms with Gasteiger partial charge in [-0.15, -0.1) is 0 Å². The number of carbonyl (C=O) groups excluding carboxylic acids is 3. The SMILES string of the molecule is CC/C=C\C/C=C\C/C=C\C/C=C\C/C=C\CCCCCCCCCC(=O)OCC(COC(=O)CCCCCCCCCCCCC)OC(=O)CCCCC/C=C\C/C=C\C/C=C\C/C=C\C/C=C\CC. The summed E-state index contributed by atoms with van der Waals surface area (Å²) in [5.74, 6) is -0.942. The molecule has 0 amide bonds. The van der Waals surface area contributed by atoms with Crippen LogP contribution in [0.3, 0.4) is 0 Å². The van der Waals surface area contributed by atoms with E-state index in [0.717, 1.165) is 135 Å². The highest BCUT2D eigenvalue weighted by Crippen LogP contribution is 2.14. The third-order valence-corrected chi connectivity index (χ3v) is 12.0. The molecule has 71 heavy (non-hydrogen) atoms. The summed E-state index contributed by atoms with van der Waals surface area (Å²) in [5.41, 5.74) is 0. The van der Waals surface area contributed by atoms with E-state index in [1.54, 1.807) is 0 Å². The summed E-state index contributed by atoms with van der Waals surface area (Å²) >= 11 is 0. The van der Waals surface area contributed by atoms with E-state index in [1.165, 1.54) is 77.0 Å². The molecule has 0 spiro atoms. The van der Waals surface area contributed by atoms with Gasteiger partial charge < -0.3 is 14.2 Å². The zero-order valence-corrected chi connectivity index (χ0v) is 45.9. The smallest absolute Gasteiger partial charge is 0.306 e. The molecule has 6 nitrogen and oxygen atoms in total. The summed E-state index contributed by atoms with van der Waals surface area (Å²) in [5, 5.41) is 0. The third-order valence-electron chi connectivity index (χ3n) is 12.0. The van der Waals surface area contributed by atoms with E-state index in [2.05, 4.69) is 142 Å². The molecule has 0 aromatic carbocycles. The predicted molar refractivity (Wildman–Crippen MR) is 306 cm³/mol. The van der Waals surface area contributed by atoms with E-state index in [0.29, 0.717) is 12.8 Å². The molecule has 0 aliphatic rings. The van der Waals surface area contributed by atoms with Crippen molar-refractivity contribution in [2.24, 2.45) is 0 Å². The van der Waals surface area contributed by atoms with Crippen molar-refractivity contribution < 1.29 is 28.6 Å². The standard InChI is InChI=1S/C65H106O6/c1-4-7-10-13-16-19-22-24-26-28-30-31-32-33-35-36-38-40-43-46-49-52-55-58-64(67)70-61-62(60-69-63(66)57-54-51-48-45-42-21-18-15-12-9-6-3)71-65(68)59-56-53-50-47-44-41-39-37-34-29-27-25-23-20-17-14-11-8-5-2/h7-8,10-11,16-17,19-20,24-27,30-31,33-35,37,41,44,62H,4-6,9,12-15,18,21-23,28-29,32,36,38-40,42-43,45-61H2,1-3H3/b10-7-,11-8-,19-16-,20-17-,26-24-,27-25-,31-30-,35-33-,37-34-,44-41-. The maximum Gasteiger partial charge on any atom is 0.306 e. The molecule has 0 aromatic heterocycles. The second-order valence-corrected chi connectivity index (χ2v) is 18.8. The van der Waals surface area contributed by atoms with Gasteiger partial charge in [0, 0.05) is 19.3 Å². The van der Waals surface area contributed by atoms with Gasteiger partial charge in [-0.3, -0.25) is 14.4 Å². The molecular formula is C65H106O6. The monoisotopic (exact) mass is 983 g/mol. The number of hydrogen-bond acceptors (Lipinski definition) is 6. The van der Waals surface area contributed by atoms with Gasteiger partial charge >= 0.3 is 17.9 Å². The molecule has 0 aliphatic carbocycles. The molecule has 0 heterocycles. The zero-order valence-electron chi connectivity index (χ0n) is 45.9. The quantitative estimate of drug-likeness (QED) is 0.0261. The van der Waals surface area contributed by atoms with Crippen LogP contribution in [0.1, 0.15) is 252 Å². The minimum atomic E-state index is -0.802. The van der Waals surface area contributed by atoms with Crippen LogP contribution in [-0.4, -0.2) is 37.2 Å². The zero-order chi connectivity index (χ0) is 51.4. The van der Waals surface area contributed by atoms with Crippen molar-refractivity contribution in [3.05, 3.63) is 122 Å². The van der Waals surface area contributed by atoms with Crippen molar-refractivity contribution in [3.63, 3.8) is 0 Å². The van der Waals surface area contributed by atoms with Gasteiger partial charge in [-0.1, -0.05) is 245 Å². The lowest BCUT2D eigenvalue weighted by molar-refractivity contribution is -0.167. The molecule has 0 aliphatic heterocycles. The normalized spacial score (nSPS) is 13.0. The van der Waals surface area contributed by atoms with Crippen LogP contribution in [0.15, 0.2) is 122 Å². The molecule has 0 saturated heterocycles. The van der Waals surface area contributed by atoms with Crippen LogP contribution in [0, 0.1) is 0 Å². The van der Waals surface area contributed by atoms with Crippen LogP contribution in [-0.2, 0) is 28.6 Å². The van der Waals surface area contributed by atoms with Crippen LogP contribution in [0.5, 0.6) is 0 Å². The Balaban J connectivity index is 4.42. The molecule has 0 aromatic rings. The fourth-order valence-electron chi connectivity index (χ4n) is 7.67. The van der Waals surface area contributed by atoms with Crippen molar-refractivity contribution >= 4 is 17.9 Å². The van der Waals surface area contributed by atoms with Gasteiger partial charge in [0.15, 0.2) is 6.10 Å². The minimum Gasteiger partial charge on any atom is -0.462 e. The van der Waals surface area contributed by atoms with Crippen LogP contribution < -0.4 is 0 Å². The molecule has 1 atom stereocenters. The van der Waals surface area contributed by atoms with Crippen molar-refractivity contribution in [1.29, 1.82) is 0 Å². The second-order valence-electron chi connectivity index (χ2n) is 18.8. The van der Waals surface area contributed by atoms with Crippen LogP contribution in [0.4, 0.5) is 0 Å². The Morgan fingerprint density at radius 3 is 0.873 bits per heavy atom. The first kappa shape index (κ1) is 66.8. The van der Waals surface area contributed by atoms with E-state index < -0.39 is 6.10 Å². The van der Waals surface area contributed by atoms with Gasteiger partial charge in [0.05, 0.1) is 0 Å². The maximum absolute atomic E-state index is 12.8. The minimum absolute atomic E-state index is 0.0962. The number of unbranched alkanes of at least 4 members (excludes halogenated alkanes) is 20. The molecule has 402 valence electrons. The Morgan fingerprint density at radius 1 is 0.296 bits per heavy atom. The van der Waals surface area contributed by atoms with Gasteiger partial charge in [-0.05, 0) is 109 Å². The number of esters is 3. The average Bonchev–Trinajstić information content (AvgIpc) is 3.37. The third kappa shape index (κ3) is 56.6. The Hall–Kier alpha value is -4.19. The number of carbonyl (C=O) groups is 3. The van der Waals surface area contributed by atoms with Gasteiger partial charge in [0.2, 0.25) is 0 Å². The molecule has 6 heteroatoms. The largest absolute Gasteiger partial charge is 0.462 e. The van der Waals surface area contributed by atoms with E-state index in [9.17, 15) is 14.4 Å². The highest BCUT2D eigenvalue weighted by molar-refractivity contribution is 5.71. The average molecular weight is 984 g/mol. The van der Waals surface area contributed by atoms with Crippen LogP contribution in [0.25, 0.3) is 0 Å². The summed E-state index contributed by atoms with van der Waals surface area (Å²) in [6.45, 7) is 6.37. The first-order valence-electron chi connectivity index (χ1n) is 29.0. The Labute approximate surface area is 437 Å². The van der Waals surface area contributed by atoms with E-state index in [4.69, 9.17) is 14.2 Å². The summed E-state index contributed by atoms with van der Waals surface area (Å²) in [6.07, 6.45) is 80.4. The molecule has 0 rings (SSSR count). The lowest BCUT2D eigenvalue weighted by atomic mass is 10.1. The molecule has 1 unspecified atom stereocenters. The molecule has 0 fully saturated rings. The van der Waals surface area contributed by atoms with Gasteiger partial charge in [-0.25, -0.2) is 0 Å². The molecule has 0 bridgehead atoms. The molecule has 0 saturated carbocycles. The lowest BCUT2D eigenvalue weighted by Gasteiger charge is -2.18. The maximum atomic E-state index is 12.8. The van der Waals surface area contributed by atoms with E-state index in [1.807, 2.05) is 0 Å². The van der Waals surface area contributed by atoms with Crippen LogP contribution in [0.2, 0.25) is 0 Å². The molecule has 0 radical (unpaired) electrons. The summed E-state index contributed by atoms with van der Waals surface area (Å²) in [6, 6.07) is 0. The Kier molecular flexibility index (Phi) is 54.9. The number of rotatable bonds is 51. The van der Waals surface area contributed by atoms with Crippen molar-refractivity contribution in [2.45, 2.75) is 258 Å². The summed E-state index contributed by atoms with van der Waals surface area (Å²) in [4.78, 5) is 38.1. The first-order valence-corrected chi connectivity index (χ1v) is 29.0. The first-order chi connectivity index (χ1) is 35.0. The highest BCUT2D eigenvalue weighted by Gasteiger charge is 2.19. The van der Waals surface area contributed by atoms with Crippen molar-refractivity contribution in [2.75, 3.05) is 13.2 Å². The van der Waals surface area contributed by atoms with Gasteiger partial charge in [-0.2, -0.15) is 0 Å². The topological polar surface area (TPSA) is 78.9 Å². The highest BCUT2D eigenvalue weighted by atomic mass is 16.6. The van der Waals surface area contributed by atoms with Crippen LogP contribution >= 0.6 is 0 Å². The predicted octanol–water partition coefficient (Wildman–Crippen LogP) is 19.6.